The predicted molar refractivity (Wildman–Crippen MR) is 110 cm³/mol. The zero-order valence-electron chi connectivity index (χ0n) is 17.0. The summed E-state index contributed by atoms with van der Waals surface area (Å²) in [7, 11) is 1.49. The highest BCUT2D eigenvalue weighted by Gasteiger charge is 2.46. The minimum atomic E-state index is -1.03. The van der Waals surface area contributed by atoms with Crippen LogP contribution < -0.4 is 15.0 Å². The van der Waals surface area contributed by atoms with E-state index in [9.17, 15) is 19.2 Å². The Morgan fingerprint density at radius 2 is 1.63 bits per heavy atom. The maximum absolute atomic E-state index is 12.7. The number of ether oxygens (including phenoxy) is 1. The van der Waals surface area contributed by atoms with Gasteiger partial charge in [-0.2, -0.15) is 0 Å². The minimum absolute atomic E-state index is 0.230. The first-order valence-corrected chi connectivity index (χ1v) is 9.55. The highest BCUT2D eigenvalue weighted by atomic mass is 16.5. The first kappa shape index (κ1) is 21.0. The van der Waals surface area contributed by atoms with Crippen LogP contribution in [-0.4, -0.2) is 42.3 Å². The molecular weight excluding hydrogens is 386 g/mol. The van der Waals surface area contributed by atoms with Crippen molar-refractivity contribution < 1.29 is 23.9 Å². The van der Waals surface area contributed by atoms with E-state index in [0.717, 1.165) is 16.0 Å². The fourth-order valence-electron chi connectivity index (χ4n) is 3.21. The summed E-state index contributed by atoms with van der Waals surface area (Å²) in [6.45, 7) is 3.36. The molecule has 1 N–H and O–H groups in total. The molecule has 1 fully saturated rings. The van der Waals surface area contributed by atoms with Gasteiger partial charge in [0.25, 0.3) is 0 Å². The van der Waals surface area contributed by atoms with E-state index in [1.165, 1.54) is 19.2 Å². The van der Waals surface area contributed by atoms with Crippen molar-refractivity contribution in [2.24, 2.45) is 0 Å². The van der Waals surface area contributed by atoms with Crippen molar-refractivity contribution in [3.05, 3.63) is 59.7 Å². The molecule has 0 saturated carbocycles. The number of benzene rings is 2. The van der Waals surface area contributed by atoms with Crippen molar-refractivity contribution in [1.82, 2.24) is 10.2 Å². The second-order valence-corrected chi connectivity index (χ2v) is 6.95. The van der Waals surface area contributed by atoms with Crippen molar-refractivity contribution in [3.63, 3.8) is 0 Å². The molecular formula is C22H23N3O5. The molecule has 0 spiro atoms. The summed E-state index contributed by atoms with van der Waals surface area (Å²) >= 11 is 0. The van der Waals surface area contributed by atoms with Gasteiger partial charge in [0.1, 0.15) is 12.3 Å². The number of hydrogen-bond donors (Lipinski definition) is 1. The molecule has 1 atom stereocenters. The average molecular weight is 409 g/mol. The van der Waals surface area contributed by atoms with Gasteiger partial charge in [0, 0.05) is 0 Å². The number of anilines is 1. The van der Waals surface area contributed by atoms with Crippen LogP contribution in [0.15, 0.2) is 48.5 Å². The number of aryl methyl sites for hydroxylation is 1. The molecule has 0 unspecified atom stereocenters. The van der Waals surface area contributed by atoms with Gasteiger partial charge in [-0.15, -0.1) is 0 Å². The first-order chi connectivity index (χ1) is 14.3. The molecule has 0 aliphatic carbocycles. The van der Waals surface area contributed by atoms with E-state index < -0.39 is 30.3 Å². The van der Waals surface area contributed by atoms with E-state index in [1.807, 2.05) is 38.1 Å². The lowest BCUT2D eigenvalue weighted by Crippen LogP contribution is -2.42. The lowest BCUT2D eigenvalue weighted by atomic mass is 10.0. The standard InChI is InChI=1S/C22H23N3O5/c1-4-18(15-7-5-14(2)6-8-15)23-19(26)13-24-20(27)21(28)25(22(24)29)16-9-11-17(30-3)12-10-16/h5-12,18H,4,13H2,1-3H3,(H,23,26)/t18-/m0/s1. The summed E-state index contributed by atoms with van der Waals surface area (Å²) in [5.74, 6) is -2.01. The van der Waals surface area contributed by atoms with Gasteiger partial charge in [-0.05, 0) is 43.2 Å². The van der Waals surface area contributed by atoms with Crippen molar-refractivity contribution in [2.45, 2.75) is 26.3 Å². The Morgan fingerprint density at radius 1 is 1.00 bits per heavy atom. The number of nitrogens with one attached hydrogen (secondary N) is 1. The van der Waals surface area contributed by atoms with Crippen LogP contribution in [-0.2, 0) is 14.4 Å². The second-order valence-electron chi connectivity index (χ2n) is 6.95. The Labute approximate surface area is 174 Å². The molecule has 2 aromatic rings. The molecule has 3 rings (SSSR count). The number of urea groups is 1. The van der Waals surface area contributed by atoms with Gasteiger partial charge in [-0.3, -0.25) is 14.4 Å². The van der Waals surface area contributed by atoms with E-state index >= 15 is 0 Å². The van der Waals surface area contributed by atoms with E-state index in [2.05, 4.69) is 5.32 Å². The summed E-state index contributed by atoms with van der Waals surface area (Å²) in [6.07, 6.45) is 0.633. The van der Waals surface area contributed by atoms with E-state index in [-0.39, 0.29) is 11.7 Å². The number of amides is 5. The van der Waals surface area contributed by atoms with Crippen LogP contribution in [0.2, 0.25) is 0 Å². The normalized spacial score (nSPS) is 14.8. The van der Waals surface area contributed by atoms with Crippen LogP contribution in [0.3, 0.4) is 0 Å². The van der Waals surface area contributed by atoms with Crippen LogP contribution in [0.25, 0.3) is 0 Å². The van der Waals surface area contributed by atoms with Gasteiger partial charge in [-0.25, -0.2) is 14.6 Å². The molecule has 1 aliphatic heterocycles. The van der Waals surface area contributed by atoms with Crippen molar-refractivity contribution in [1.29, 1.82) is 0 Å². The van der Waals surface area contributed by atoms with Crippen LogP contribution >= 0.6 is 0 Å². The Hall–Kier alpha value is -3.68. The molecule has 5 amide bonds. The summed E-state index contributed by atoms with van der Waals surface area (Å²) in [6, 6.07) is 12.8. The van der Waals surface area contributed by atoms with Crippen LogP contribution in [0.1, 0.15) is 30.5 Å². The number of methoxy groups -OCH3 is 1. The van der Waals surface area contributed by atoms with Gasteiger partial charge < -0.3 is 10.1 Å². The molecule has 2 aromatic carbocycles. The van der Waals surface area contributed by atoms with Crippen LogP contribution in [0, 0.1) is 6.92 Å². The molecule has 8 heteroatoms. The van der Waals surface area contributed by atoms with Crippen molar-refractivity contribution in [3.8, 4) is 5.75 Å². The van der Waals surface area contributed by atoms with Gasteiger partial charge in [-0.1, -0.05) is 36.8 Å². The fourth-order valence-corrected chi connectivity index (χ4v) is 3.21. The highest BCUT2D eigenvalue weighted by molar-refractivity contribution is 6.53. The fraction of sp³-hybridized carbons (Fsp3) is 0.273. The van der Waals surface area contributed by atoms with E-state index in [1.54, 1.807) is 12.1 Å². The number of hydrogen-bond acceptors (Lipinski definition) is 5. The summed E-state index contributed by atoms with van der Waals surface area (Å²) < 4.78 is 5.05. The SMILES string of the molecule is CC[C@H](NC(=O)CN1C(=O)C(=O)N(c2ccc(OC)cc2)C1=O)c1ccc(C)cc1. The Balaban J connectivity index is 1.71. The molecule has 0 aromatic heterocycles. The molecule has 1 heterocycles. The topological polar surface area (TPSA) is 96.0 Å². The van der Waals surface area contributed by atoms with Crippen molar-refractivity contribution in [2.75, 3.05) is 18.6 Å². The minimum Gasteiger partial charge on any atom is -0.497 e. The Bertz CT molecular complexity index is 969. The maximum atomic E-state index is 12.7. The second kappa shape index (κ2) is 8.77. The smallest absolute Gasteiger partial charge is 0.339 e. The zero-order valence-corrected chi connectivity index (χ0v) is 17.0. The van der Waals surface area contributed by atoms with Gasteiger partial charge >= 0.3 is 17.8 Å². The quantitative estimate of drug-likeness (QED) is 0.560. The molecule has 30 heavy (non-hydrogen) atoms. The van der Waals surface area contributed by atoms with Gasteiger partial charge in [0.05, 0.1) is 18.8 Å². The van der Waals surface area contributed by atoms with E-state index in [4.69, 9.17) is 4.74 Å². The number of carbonyl (C=O) groups excluding carboxylic acids is 4. The van der Waals surface area contributed by atoms with E-state index in [0.29, 0.717) is 17.1 Å². The average Bonchev–Trinajstić information content (AvgIpc) is 2.96. The monoisotopic (exact) mass is 409 g/mol. The lowest BCUT2D eigenvalue weighted by Gasteiger charge is -2.20. The summed E-state index contributed by atoms with van der Waals surface area (Å²) in [4.78, 5) is 51.3. The van der Waals surface area contributed by atoms with Gasteiger partial charge in [0.2, 0.25) is 5.91 Å². The highest BCUT2D eigenvalue weighted by Crippen LogP contribution is 2.25. The third-order valence-corrected chi connectivity index (χ3v) is 4.91. The number of nitrogens with zero attached hydrogens (tertiary/aromatic N) is 2. The lowest BCUT2D eigenvalue weighted by molar-refractivity contribution is -0.140. The largest absolute Gasteiger partial charge is 0.497 e. The first-order valence-electron chi connectivity index (χ1n) is 9.55. The molecule has 0 radical (unpaired) electrons. The Morgan fingerprint density at radius 3 is 2.20 bits per heavy atom. The summed E-state index contributed by atoms with van der Waals surface area (Å²) in [5, 5.41) is 2.82. The molecule has 1 saturated heterocycles. The number of imide groups is 2. The maximum Gasteiger partial charge on any atom is 0.339 e. The van der Waals surface area contributed by atoms with Crippen molar-refractivity contribution >= 4 is 29.4 Å². The molecule has 156 valence electrons. The number of rotatable bonds is 7. The Kier molecular flexibility index (Phi) is 6.15. The third-order valence-electron chi connectivity index (χ3n) is 4.91. The molecule has 0 bridgehead atoms. The predicted octanol–water partition coefficient (Wildman–Crippen LogP) is 2.57. The molecule has 8 nitrogen and oxygen atoms in total. The van der Waals surface area contributed by atoms with Gasteiger partial charge in [0.15, 0.2) is 0 Å². The van der Waals surface area contributed by atoms with Crippen LogP contribution in [0.5, 0.6) is 5.75 Å². The zero-order chi connectivity index (χ0) is 21.8. The third kappa shape index (κ3) is 4.17. The summed E-state index contributed by atoms with van der Waals surface area (Å²) in [5.41, 5.74) is 2.25. The van der Waals surface area contributed by atoms with Crippen LogP contribution in [0.4, 0.5) is 10.5 Å². The molecule has 1 aliphatic rings. The number of carbonyl (C=O) groups is 4.